The molecule has 1 aliphatic carbocycles. The molecule has 51 heavy (non-hydrogen) atoms. The molecule has 3 fully saturated rings. The molecule has 1 unspecified atom stereocenters. The van der Waals surface area contributed by atoms with Crippen molar-refractivity contribution in [1.82, 2.24) is 34.3 Å². The maximum atomic E-state index is 13.3. The quantitative estimate of drug-likeness (QED) is 0.240. The largest absolute Gasteiger partial charge is 0.368 e. The topological polar surface area (TPSA) is 151 Å². The van der Waals surface area contributed by atoms with Crippen LogP contribution >= 0.6 is 0 Å². The number of imide groups is 1. The van der Waals surface area contributed by atoms with E-state index < -0.39 is 11.9 Å². The summed E-state index contributed by atoms with van der Waals surface area (Å²) in [5, 5.41) is 7.79. The molecule has 0 spiro atoms. The predicted molar refractivity (Wildman–Crippen MR) is 195 cm³/mol. The van der Waals surface area contributed by atoms with E-state index in [9.17, 15) is 19.2 Å². The van der Waals surface area contributed by atoms with E-state index in [2.05, 4.69) is 35.0 Å². The Kier molecular flexibility index (Phi) is 8.36. The third kappa shape index (κ3) is 6.15. The molecule has 5 aromatic rings. The van der Waals surface area contributed by atoms with Gasteiger partial charge in [0.05, 0.1) is 11.9 Å². The number of nitrogens with zero attached hydrogens (tertiary/aromatic N) is 8. The fraction of sp³-hybridized carbons (Fsp3) is 0.378. The number of fused-ring (bicyclic) bond motifs is 2. The molecule has 14 heteroatoms. The summed E-state index contributed by atoms with van der Waals surface area (Å²) >= 11 is 0. The van der Waals surface area contributed by atoms with Gasteiger partial charge in [-0.2, -0.15) is 4.98 Å². The Morgan fingerprint density at radius 1 is 0.863 bits per heavy atom. The molecule has 2 saturated heterocycles. The third-order valence-corrected chi connectivity index (χ3v) is 10.3. The maximum Gasteiger partial charge on any atom is 0.270 e. The van der Waals surface area contributed by atoms with E-state index >= 15 is 0 Å². The number of rotatable bonds is 7. The molecular formula is C37H40N10O4. The molecule has 262 valence electrons. The van der Waals surface area contributed by atoms with Crippen molar-refractivity contribution < 1.29 is 14.4 Å². The number of hydrogen-bond donors (Lipinski definition) is 2. The highest BCUT2D eigenvalue weighted by molar-refractivity contribution is 6.00. The summed E-state index contributed by atoms with van der Waals surface area (Å²) in [6, 6.07) is 13.1. The van der Waals surface area contributed by atoms with Crippen molar-refractivity contribution in [3.63, 3.8) is 0 Å². The number of piperazine rings is 1. The zero-order chi connectivity index (χ0) is 35.2. The number of carbonyl (C=O) groups excluding carboxylic acids is 3. The number of pyridine rings is 2. The molecule has 1 saturated carbocycles. The molecule has 14 nitrogen and oxygen atoms in total. The fourth-order valence-electron chi connectivity index (χ4n) is 7.62. The van der Waals surface area contributed by atoms with Crippen molar-refractivity contribution in [2.24, 2.45) is 0 Å². The summed E-state index contributed by atoms with van der Waals surface area (Å²) in [6.07, 6.45) is 10.1. The molecule has 1 aromatic carbocycles. The van der Waals surface area contributed by atoms with Crippen LogP contribution in [0.3, 0.4) is 0 Å². The Labute approximate surface area is 294 Å². The van der Waals surface area contributed by atoms with Gasteiger partial charge in [-0.15, -0.1) is 0 Å². The minimum atomic E-state index is -0.682. The summed E-state index contributed by atoms with van der Waals surface area (Å²) in [5.74, 6) is 0.286. The van der Waals surface area contributed by atoms with Gasteiger partial charge in [-0.1, -0.05) is 12.8 Å². The van der Waals surface area contributed by atoms with Crippen LogP contribution in [0.5, 0.6) is 0 Å². The van der Waals surface area contributed by atoms with E-state index in [0.29, 0.717) is 29.3 Å². The van der Waals surface area contributed by atoms with Crippen LogP contribution < -0.4 is 26.0 Å². The van der Waals surface area contributed by atoms with Crippen LogP contribution in [0.4, 0.5) is 23.1 Å². The molecule has 3 aliphatic rings. The van der Waals surface area contributed by atoms with Crippen LogP contribution in [0.15, 0.2) is 65.8 Å². The van der Waals surface area contributed by atoms with Crippen LogP contribution in [-0.4, -0.2) is 87.0 Å². The maximum absolute atomic E-state index is 13.3. The van der Waals surface area contributed by atoms with Crippen LogP contribution in [0, 0.1) is 0 Å². The second-order valence-electron chi connectivity index (χ2n) is 13.8. The van der Waals surface area contributed by atoms with Gasteiger partial charge in [-0.3, -0.25) is 24.5 Å². The third-order valence-electron chi connectivity index (χ3n) is 10.3. The second-order valence-corrected chi connectivity index (χ2v) is 13.8. The molecule has 2 N–H and O–H groups in total. The Hall–Kier alpha value is -5.79. The zero-order valence-electron chi connectivity index (χ0n) is 28.7. The summed E-state index contributed by atoms with van der Waals surface area (Å²) in [6.45, 7) is 3.20. The minimum Gasteiger partial charge on any atom is -0.368 e. The first kappa shape index (κ1) is 32.4. The molecular weight excluding hydrogens is 648 g/mol. The molecule has 0 radical (unpaired) electrons. The lowest BCUT2D eigenvalue weighted by Gasteiger charge is -2.37. The van der Waals surface area contributed by atoms with Gasteiger partial charge in [-0.25, -0.2) is 9.97 Å². The summed E-state index contributed by atoms with van der Waals surface area (Å²) < 4.78 is 3.54. The van der Waals surface area contributed by atoms with E-state index in [4.69, 9.17) is 4.98 Å². The van der Waals surface area contributed by atoms with Gasteiger partial charge in [0.15, 0.2) is 0 Å². The molecule has 0 bridgehead atoms. The first-order valence-electron chi connectivity index (χ1n) is 17.5. The standard InChI is InChI=1S/C37H40N10O4/c1-43(2)36(51)30-20-24-21-39-37(42-33(24)47(30)25-5-3-4-6-25)40-31-11-8-27(22-38-31)45-17-15-44(16-18-45)26-7-9-28-23(19-26)13-14-46(35(28)50)29-10-12-32(48)41-34(29)49/h7-9,11,13-14,19-22,25,29H,3-6,10,12,15-18H2,1-2H3,(H,41,48,49)(H,38,39,40,42). The zero-order valence-corrected chi connectivity index (χ0v) is 28.7. The summed E-state index contributed by atoms with van der Waals surface area (Å²) in [4.78, 5) is 70.5. The van der Waals surface area contributed by atoms with E-state index in [-0.39, 0.29) is 29.8 Å². The van der Waals surface area contributed by atoms with E-state index in [0.717, 1.165) is 79.7 Å². The van der Waals surface area contributed by atoms with E-state index in [1.165, 1.54) is 4.57 Å². The highest BCUT2D eigenvalue weighted by Crippen LogP contribution is 2.35. The molecule has 6 heterocycles. The molecule has 2 aliphatic heterocycles. The van der Waals surface area contributed by atoms with Crippen molar-refractivity contribution >= 4 is 62.7 Å². The monoisotopic (exact) mass is 688 g/mol. The van der Waals surface area contributed by atoms with E-state index in [1.807, 2.05) is 48.7 Å². The first-order valence-corrected chi connectivity index (χ1v) is 17.5. The number of aromatic nitrogens is 5. The Morgan fingerprint density at radius 2 is 1.61 bits per heavy atom. The van der Waals surface area contributed by atoms with Crippen molar-refractivity contribution in [3.05, 3.63) is 77.1 Å². The Balaban J connectivity index is 0.928. The number of carbonyl (C=O) groups is 3. The van der Waals surface area contributed by atoms with Crippen LogP contribution in [0.25, 0.3) is 21.8 Å². The van der Waals surface area contributed by atoms with E-state index in [1.54, 1.807) is 31.4 Å². The lowest BCUT2D eigenvalue weighted by molar-refractivity contribution is -0.135. The SMILES string of the molecule is CN(C)C(=O)c1cc2cnc(Nc3ccc(N4CCN(c5ccc6c(=O)n(C7CCC(=O)NC7=O)ccc6c5)CC4)cn3)nc2n1C1CCCC1. The average Bonchev–Trinajstić information content (AvgIpc) is 3.80. The molecule has 8 rings (SSSR count). The van der Waals surface area contributed by atoms with Gasteiger partial charge in [0, 0.05) is 81.6 Å². The van der Waals surface area contributed by atoms with Crippen molar-refractivity contribution in [2.45, 2.75) is 50.6 Å². The summed E-state index contributed by atoms with van der Waals surface area (Å²) in [7, 11) is 3.54. The van der Waals surface area contributed by atoms with Gasteiger partial charge in [0.2, 0.25) is 17.8 Å². The minimum absolute atomic E-state index is 0.0380. The van der Waals surface area contributed by atoms with Gasteiger partial charge in [0.1, 0.15) is 23.2 Å². The van der Waals surface area contributed by atoms with Gasteiger partial charge < -0.3 is 29.2 Å². The fourth-order valence-corrected chi connectivity index (χ4v) is 7.62. The van der Waals surface area contributed by atoms with Crippen LogP contribution in [0.1, 0.15) is 61.1 Å². The number of piperidine rings is 1. The van der Waals surface area contributed by atoms with Crippen molar-refractivity contribution in [3.8, 4) is 0 Å². The Bertz CT molecular complexity index is 2210. The number of hydrogen-bond acceptors (Lipinski definition) is 10. The highest BCUT2D eigenvalue weighted by atomic mass is 16.2. The lowest BCUT2D eigenvalue weighted by Crippen LogP contribution is -2.46. The molecule has 1 atom stereocenters. The first-order chi connectivity index (χ1) is 24.7. The van der Waals surface area contributed by atoms with Crippen LogP contribution in [0.2, 0.25) is 0 Å². The smallest absolute Gasteiger partial charge is 0.270 e. The molecule has 4 aromatic heterocycles. The highest BCUT2D eigenvalue weighted by Gasteiger charge is 2.29. The number of amides is 3. The number of benzene rings is 1. The van der Waals surface area contributed by atoms with Crippen LogP contribution in [-0.2, 0) is 9.59 Å². The average molecular weight is 689 g/mol. The summed E-state index contributed by atoms with van der Waals surface area (Å²) in [5.41, 5.74) is 3.22. The van der Waals surface area contributed by atoms with Gasteiger partial charge in [-0.05, 0) is 67.1 Å². The number of anilines is 4. The van der Waals surface area contributed by atoms with Crippen molar-refractivity contribution in [2.75, 3.05) is 55.4 Å². The Morgan fingerprint density at radius 3 is 2.31 bits per heavy atom. The normalized spacial score (nSPS) is 18.4. The van der Waals surface area contributed by atoms with Crippen molar-refractivity contribution in [1.29, 1.82) is 0 Å². The number of nitrogens with one attached hydrogen (secondary N) is 2. The lowest BCUT2D eigenvalue weighted by atomic mass is 10.0. The predicted octanol–water partition coefficient (Wildman–Crippen LogP) is 4.01. The molecule has 3 amide bonds. The van der Waals surface area contributed by atoms with Gasteiger partial charge >= 0.3 is 0 Å². The van der Waals surface area contributed by atoms with Gasteiger partial charge in [0.25, 0.3) is 11.5 Å². The second kappa shape index (κ2) is 13.2.